The number of hydrogen-bond acceptors (Lipinski definition) is 5. The van der Waals surface area contributed by atoms with E-state index >= 15 is 0 Å². The highest BCUT2D eigenvalue weighted by Gasteiger charge is 2.07. The van der Waals surface area contributed by atoms with Gasteiger partial charge < -0.3 is 14.8 Å². The van der Waals surface area contributed by atoms with Crippen molar-refractivity contribution in [3.05, 3.63) is 59.9 Å². The van der Waals surface area contributed by atoms with Crippen LogP contribution in [0.2, 0.25) is 0 Å². The topological polar surface area (TPSA) is 60.5 Å². The predicted octanol–water partition coefficient (Wildman–Crippen LogP) is 2.31. The molecule has 2 aromatic rings. The number of pyridine rings is 1. The van der Waals surface area contributed by atoms with Crippen molar-refractivity contribution in [3.8, 4) is 5.75 Å². The van der Waals surface area contributed by atoms with Crippen LogP contribution >= 0.6 is 0 Å². The second-order valence-corrected chi connectivity index (χ2v) is 4.67. The highest BCUT2D eigenvalue weighted by molar-refractivity contribution is 5.71. The van der Waals surface area contributed by atoms with Crippen molar-refractivity contribution in [1.29, 1.82) is 0 Å². The van der Waals surface area contributed by atoms with Crippen LogP contribution in [0.1, 0.15) is 18.1 Å². The Hall–Kier alpha value is -2.40. The van der Waals surface area contributed by atoms with Gasteiger partial charge in [-0.1, -0.05) is 24.3 Å². The summed E-state index contributed by atoms with van der Waals surface area (Å²) in [5.74, 6) is 0.329. The first-order valence-electron chi connectivity index (χ1n) is 7.25. The van der Waals surface area contributed by atoms with E-state index < -0.39 is 0 Å². The van der Waals surface area contributed by atoms with Crippen molar-refractivity contribution in [2.75, 3.05) is 13.2 Å². The summed E-state index contributed by atoms with van der Waals surface area (Å²) in [7, 11) is 0. The molecular formula is C17H20N2O3. The first-order valence-corrected chi connectivity index (χ1v) is 7.25. The maximum atomic E-state index is 11.4. The molecular weight excluding hydrogens is 280 g/mol. The fraction of sp³-hybridized carbons (Fsp3) is 0.294. The van der Waals surface area contributed by atoms with Crippen LogP contribution in [-0.4, -0.2) is 24.2 Å². The van der Waals surface area contributed by atoms with E-state index in [9.17, 15) is 4.79 Å². The molecule has 0 unspecified atom stereocenters. The summed E-state index contributed by atoms with van der Waals surface area (Å²) >= 11 is 0. The van der Waals surface area contributed by atoms with Crippen molar-refractivity contribution >= 4 is 5.97 Å². The zero-order valence-corrected chi connectivity index (χ0v) is 12.6. The third-order valence-corrected chi connectivity index (χ3v) is 2.99. The third-order valence-electron chi connectivity index (χ3n) is 2.99. The van der Waals surface area contributed by atoms with Gasteiger partial charge >= 0.3 is 5.97 Å². The minimum Gasteiger partial charge on any atom is -0.482 e. The number of carbonyl (C=O) groups excluding carboxylic acids is 1. The second-order valence-electron chi connectivity index (χ2n) is 4.67. The molecule has 5 heteroatoms. The average Bonchev–Trinajstić information content (AvgIpc) is 2.55. The molecule has 5 nitrogen and oxygen atoms in total. The summed E-state index contributed by atoms with van der Waals surface area (Å²) in [4.78, 5) is 15.4. The first kappa shape index (κ1) is 16.0. The van der Waals surface area contributed by atoms with Crippen molar-refractivity contribution < 1.29 is 14.3 Å². The van der Waals surface area contributed by atoms with Crippen LogP contribution in [0, 0.1) is 0 Å². The molecule has 0 spiro atoms. The third kappa shape index (κ3) is 5.18. The number of para-hydroxylation sites is 1. The Bertz CT molecular complexity index is 587. The Morgan fingerprint density at radius 3 is 2.82 bits per heavy atom. The lowest BCUT2D eigenvalue weighted by atomic mass is 10.2. The lowest BCUT2D eigenvalue weighted by Gasteiger charge is -2.11. The number of carbonyl (C=O) groups is 1. The van der Waals surface area contributed by atoms with E-state index in [0.29, 0.717) is 18.9 Å². The zero-order chi connectivity index (χ0) is 15.6. The van der Waals surface area contributed by atoms with Gasteiger partial charge in [0.25, 0.3) is 0 Å². The zero-order valence-electron chi connectivity index (χ0n) is 12.6. The summed E-state index contributed by atoms with van der Waals surface area (Å²) < 4.78 is 10.4. The summed E-state index contributed by atoms with van der Waals surface area (Å²) in [6.07, 6.45) is 3.58. The first-order chi connectivity index (χ1) is 10.8. The molecule has 0 aliphatic carbocycles. The van der Waals surface area contributed by atoms with Gasteiger partial charge in [0, 0.05) is 31.0 Å². The number of ether oxygens (including phenoxy) is 2. The minimum absolute atomic E-state index is 0.0759. The predicted molar refractivity (Wildman–Crippen MR) is 83.4 cm³/mol. The van der Waals surface area contributed by atoms with E-state index in [0.717, 1.165) is 17.7 Å². The van der Waals surface area contributed by atoms with E-state index in [1.807, 2.05) is 42.6 Å². The minimum atomic E-state index is -0.361. The molecule has 22 heavy (non-hydrogen) atoms. The Morgan fingerprint density at radius 1 is 1.18 bits per heavy atom. The molecule has 0 atom stereocenters. The molecule has 0 radical (unpaired) electrons. The molecule has 0 saturated heterocycles. The number of benzene rings is 1. The summed E-state index contributed by atoms with van der Waals surface area (Å²) in [6, 6.07) is 11.6. The fourth-order valence-corrected chi connectivity index (χ4v) is 1.97. The van der Waals surface area contributed by atoms with Gasteiger partial charge in [0.1, 0.15) is 5.75 Å². The van der Waals surface area contributed by atoms with Crippen LogP contribution in [0.15, 0.2) is 48.8 Å². The van der Waals surface area contributed by atoms with Gasteiger partial charge in [-0.25, -0.2) is 4.79 Å². The lowest BCUT2D eigenvalue weighted by Crippen LogP contribution is -2.17. The summed E-state index contributed by atoms with van der Waals surface area (Å²) in [5.41, 5.74) is 2.11. The van der Waals surface area contributed by atoms with Crippen LogP contribution in [-0.2, 0) is 22.6 Å². The average molecular weight is 300 g/mol. The monoisotopic (exact) mass is 300 g/mol. The van der Waals surface area contributed by atoms with E-state index in [1.54, 1.807) is 13.1 Å². The van der Waals surface area contributed by atoms with Crippen molar-refractivity contribution in [1.82, 2.24) is 10.3 Å². The van der Waals surface area contributed by atoms with Gasteiger partial charge in [-0.2, -0.15) is 0 Å². The maximum Gasteiger partial charge on any atom is 0.344 e. The normalized spacial score (nSPS) is 10.2. The van der Waals surface area contributed by atoms with Gasteiger partial charge in [0.2, 0.25) is 0 Å². The number of nitrogens with one attached hydrogen (secondary N) is 1. The summed E-state index contributed by atoms with van der Waals surface area (Å²) in [5, 5.41) is 3.33. The standard InChI is InChI=1S/C17H20N2O3/c1-2-21-17(20)13-22-16-8-4-3-7-15(16)12-19-11-14-6-5-9-18-10-14/h3-10,19H,2,11-13H2,1H3. The Balaban J connectivity index is 1.86. The SMILES string of the molecule is CCOC(=O)COc1ccccc1CNCc1cccnc1. The quantitative estimate of drug-likeness (QED) is 0.758. The van der Waals surface area contributed by atoms with Crippen LogP contribution in [0.5, 0.6) is 5.75 Å². The molecule has 0 aliphatic heterocycles. The molecule has 1 aromatic carbocycles. The van der Waals surface area contributed by atoms with Crippen LogP contribution < -0.4 is 10.1 Å². The molecule has 1 heterocycles. The van der Waals surface area contributed by atoms with Gasteiger partial charge in [-0.3, -0.25) is 4.98 Å². The van der Waals surface area contributed by atoms with E-state index in [-0.39, 0.29) is 12.6 Å². The lowest BCUT2D eigenvalue weighted by molar-refractivity contribution is -0.145. The second kappa shape index (κ2) is 8.79. The van der Waals surface area contributed by atoms with Crippen LogP contribution in [0.3, 0.4) is 0 Å². The molecule has 0 fully saturated rings. The van der Waals surface area contributed by atoms with Gasteiger partial charge in [0.05, 0.1) is 6.61 Å². The maximum absolute atomic E-state index is 11.4. The Morgan fingerprint density at radius 2 is 2.05 bits per heavy atom. The van der Waals surface area contributed by atoms with E-state index in [2.05, 4.69) is 10.3 Å². The molecule has 0 saturated carbocycles. The van der Waals surface area contributed by atoms with Crippen molar-refractivity contribution in [2.45, 2.75) is 20.0 Å². The highest BCUT2D eigenvalue weighted by atomic mass is 16.6. The molecule has 0 amide bonds. The number of rotatable bonds is 8. The number of aromatic nitrogens is 1. The van der Waals surface area contributed by atoms with Gasteiger partial charge in [-0.05, 0) is 24.6 Å². The van der Waals surface area contributed by atoms with E-state index in [1.165, 1.54) is 0 Å². The highest BCUT2D eigenvalue weighted by Crippen LogP contribution is 2.17. The molecule has 2 rings (SSSR count). The van der Waals surface area contributed by atoms with Crippen molar-refractivity contribution in [3.63, 3.8) is 0 Å². The number of esters is 1. The Kier molecular flexibility index (Phi) is 6.39. The smallest absolute Gasteiger partial charge is 0.344 e. The van der Waals surface area contributed by atoms with Gasteiger partial charge in [-0.15, -0.1) is 0 Å². The van der Waals surface area contributed by atoms with E-state index in [4.69, 9.17) is 9.47 Å². The molecule has 1 aromatic heterocycles. The molecule has 0 bridgehead atoms. The largest absolute Gasteiger partial charge is 0.482 e. The summed E-state index contributed by atoms with van der Waals surface area (Å²) in [6.45, 7) is 3.42. The van der Waals surface area contributed by atoms with Gasteiger partial charge in [0.15, 0.2) is 6.61 Å². The van der Waals surface area contributed by atoms with Crippen LogP contribution in [0.25, 0.3) is 0 Å². The Labute approximate surface area is 130 Å². The molecule has 0 aliphatic rings. The number of hydrogen-bond donors (Lipinski definition) is 1. The van der Waals surface area contributed by atoms with Crippen LogP contribution in [0.4, 0.5) is 0 Å². The molecule has 116 valence electrons. The van der Waals surface area contributed by atoms with Crippen molar-refractivity contribution in [2.24, 2.45) is 0 Å². The number of nitrogens with zero attached hydrogens (tertiary/aromatic N) is 1. The fourth-order valence-electron chi connectivity index (χ4n) is 1.97. The molecule has 1 N–H and O–H groups in total.